The van der Waals surface area contributed by atoms with Gasteiger partial charge in [0.2, 0.25) is 10.9 Å². The molecule has 0 unspecified atom stereocenters. The number of hydrogen-bond acceptors (Lipinski definition) is 4. The molecule has 0 aromatic heterocycles. The van der Waals surface area contributed by atoms with Gasteiger partial charge in [0.05, 0.1) is 0 Å². The molecule has 1 aromatic carbocycles. The lowest BCUT2D eigenvalue weighted by Gasteiger charge is -2.38. The number of rotatable bonds is 5. The van der Waals surface area contributed by atoms with Gasteiger partial charge in [-0.2, -0.15) is 0 Å². The highest BCUT2D eigenvalue weighted by molar-refractivity contribution is 7.73. The smallest absolute Gasteiger partial charge is 0.253 e. The molecule has 1 heterocycles. The molecule has 0 atom stereocenters. The van der Waals surface area contributed by atoms with E-state index in [1.807, 2.05) is 4.90 Å². The van der Waals surface area contributed by atoms with Crippen LogP contribution in [-0.4, -0.2) is 56.8 Å². The molecular weight excluding hydrogens is 314 g/mol. The van der Waals surface area contributed by atoms with Gasteiger partial charge < -0.3 is 4.90 Å². The summed E-state index contributed by atoms with van der Waals surface area (Å²) in [5.74, 6) is 0.885. The lowest BCUT2D eigenvalue weighted by atomic mass is 9.85. The fourth-order valence-corrected chi connectivity index (χ4v) is 3.51. The van der Waals surface area contributed by atoms with E-state index in [1.165, 1.54) is 25.8 Å². The van der Waals surface area contributed by atoms with Crippen LogP contribution in [0.1, 0.15) is 29.6 Å². The van der Waals surface area contributed by atoms with Gasteiger partial charge in [-0.15, -0.1) is 0 Å². The van der Waals surface area contributed by atoms with E-state index in [0.717, 1.165) is 32.1 Å². The van der Waals surface area contributed by atoms with Gasteiger partial charge in [-0.3, -0.25) is 14.4 Å². The fraction of sp³-hybridized carbons (Fsp3) is 0.562. The predicted molar refractivity (Wildman–Crippen MR) is 90.1 cm³/mol. The van der Waals surface area contributed by atoms with Crippen molar-refractivity contribution >= 4 is 22.5 Å². The summed E-state index contributed by atoms with van der Waals surface area (Å²) in [7, 11) is -2.67. The van der Waals surface area contributed by atoms with E-state index in [9.17, 15) is 13.2 Å². The summed E-state index contributed by atoms with van der Waals surface area (Å²) in [6.45, 7) is 4.59. The number of amides is 1. The third kappa shape index (κ3) is 4.23. The van der Waals surface area contributed by atoms with E-state index >= 15 is 0 Å². The number of carbonyl (C=O) groups excluding carboxylic acids is 1. The monoisotopic (exact) mass is 337 g/mol. The van der Waals surface area contributed by atoms with E-state index in [0.29, 0.717) is 11.3 Å². The van der Waals surface area contributed by atoms with Gasteiger partial charge in [0.1, 0.15) is 0 Å². The van der Waals surface area contributed by atoms with Crippen molar-refractivity contribution in [2.45, 2.75) is 19.3 Å². The van der Waals surface area contributed by atoms with Gasteiger partial charge in [0, 0.05) is 44.0 Å². The zero-order chi connectivity index (χ0) is 16.2. The molecular formula is C16H23N3O3S. The SMILES string of the molecule is O=C(c1ccc(N[SH](=O)=O)cc1)N1CCN(CC2CCC2)CC1. The maximum atomic E-state index is 12.5. The van der Waals surface area contributed by atoms with Crippen LogP contribution in [0.5, 0.6) is 0 Å². The summed E-state index contributed by atoms with van der Waals surface area (Å²) in [6, 6.07) is 6.57. The minimum atomic E-state index is -2.67. The number of carbonyl (C=O) groups is 1. The Hall–Kier alpha value is -1.60. The summed E-state index contributed by atoms with van der Waals surface area (Å²) in [4.78, 5) is 16.8. The summed E-state index contributed by atoms with van der Waals surface area (Å²) in [6.07, 6.45) is 4.08. The van der Waals surface area contributed by atoms with Crippen LogP contribution in [0.3, 0.4) is 0 Å². The molecule has 1 saturated carbocycles. The van der Waals surface area contributed by atoms with E-state index in [-0.39, 0.29) is 5.91 Å². The molecule has 3 rings (SSSR count). The molecule has 1 N–H and O–H groups in total. The number of piperazine rings is 1. The minimum absolute atomic E-state index is 0.0198. The van der Waals surface area contributed by atoms with Crippen molar-refractivity contribution in [3.05, 3.63) is 29.8 Å². The maximum absolute atomic E-state index is 12.5. The Labute approximate surface area is 138 Å². The second kappa shape index (κ2) is 7.31. The zero-order valence-corrected chi connectivity index (χ0v) is 14.0. The van der Waals surface area contributed by atoms with Gasteiger partial charge in [0.25, 0.3) is 5.91 Å². The van der Waals surface area contributed by atoms with Crippen LogP contribution in [0, 0.1) is 5.92 Å². The predicted octanol–water partition coefficient (Wildman–Crippen LogP) is 1.18. The average Bonchev–Trinajstić information content (AvgIpc) is 2.51. The zero-order valence-electron chi connectivity index (χ0n) is 13.1. The lowest BCUT2D eigenvalue weighted by molar-refractivity contribution is 0.0591. The molecule has 1 saturated heterocycles. The third-order valence-corrected chi connectivity index (χ3v) is 5.19. The number of thiol groups is 1. The molecule has 7 heteroatoms. The second-order valence-electron chi connectivity index (χ2n) is 6.34. The van der Waals surface area contributed by atoms with Crippen molar-refractivity contribution < 1.29 is 13.2 Å². The van der Waals surface area contributed by atoms with Crippen LogP contribution in [0.2, 0.25) is 0 Å². The molecule has 0 radical (unpaired) electrons. The summed E-state index contributed by atoms with van der Waals surface area (Å²) in [5, 5.41) is 0. The Kier molecular flexibility index (Phi) is 5.17. The molecule has 6 nitrogen and oxygen atoms in total. The summed E-state index contributed by atoms with van der Waals surface area (Å²) >= 11 is 0. The van der Waals surface area contributed by atoms with Crippen molar-refractivity contribution in [1.29, 1.82) is 0 Å². The molecule has 1 aromatic rings. The number of hydrogen-bond donors (Lipinski definition) is 2. The van der Waals surface area contributed by atoms with Crippen molar-refractivity contribution in [1.82, 2.24) is 9.80 Å². The molecule has 23 heavy (non-hydrogen) atoms. The number of nitrogens with one attached hydrogen (secondary N) is 1. The fourth-order valence-electron chi connectivity index (χ4n) is 3.15. The topological polar surface area (TPSA) is 69.7 Å². The van der Waals surface area contributed by atoms with Gasteiger partial charge in [0.15, 0.2) is 0 Å². The van der Waals surface area contributed by atoms with Gasteiger partial charge in [-0.05, 0) is 43.0 Å². The largest absolute Gasteiger partial charge is 0.336 e. The first-order chi connectivity index (χ1) is 11.1. The number of nitrogens with zero attached hydrogens (tertiary/aromatic N) is 2. The molecule has 2 aliphatic rings. The standard InChI is InChI=1S/C16H23N3O3S/c20-16(14-4-6-15(7-5-14)17-23(21)22)19-10-8-18(9-11-19)12-13-2-1-3-13/h4-7,13,23H,1-3,8-12H2,(H,17,21,22). The number of benzene rings is 1. The minimum Gasteiger partial charge on any atom is -0.336 e. The Morgan fingerprint density at radius 2 is 1.74 bits per heavy atom. The third-order valence-electron chi connectivity index (χ3n) is 4.75. The Morgan fingerprint density at radius 1 is 1.09 bits per heavy atom. The van der Waals surface area contributed by atoms with Crippen LogP contribution in [0.25, 0.3) is 0 Å². The van der Waals surface area contributed by atoms with E-state index in [2.05, 4.69) is 9.62 Å². The van der Waals surface area contributed by atoms with Crippen molar-refractivity contribution in [2.24, 2.45) is 5.92 Å². The molecule has 0 bridgehead atoms. The van der Waals surface area contributed by atoms with Crippen molar-refractivity contribution in [3.8, 4) is 0 Å². The Bertz CT molecular complexity index is 610. The quantitative estimate of drug-likeness (QED) is 0.792. The van der Waals surface area contributed by atoms with Gasteiger partial charge >= 0.3 is 0 Å². The Balaban J connectivity index is 1.52. The molecule has 1 aliphatic carbocycles. The maximum Gasteiger partial charge on any atom is 0.253 e. The van der Waals surface area contributed by atoms with E-state index in [1.54, 1.807) is 24.3 Å². The van der Waals surface area contributed by atoms with Crippen molar-refractivity contribution in [2.75, 3.05) is 37.4 Å². The highest BCUT2D eigenvalue weighted by atomic mass is 32.2. The first kappa shape index (κ1) is 16.3. The van der Waals surface area contributed by atoms with Gasteiger partial charge in [-0.25, -0.2) is 8.42 Å². The summed E-state index contributed by atoms with van der Waals surface area (Å²) < 4.78 is 23.5. The van der Waals surface area contributed by atoms with E-state index < -0.39 is 10.9 Å². The van der Waals surface area contributed by atoms with Crippen LogP contribution in [-0.2, 0) is 10.9 Å². The van der Waals surface area contributed by atoms with Crippen LogP contribution in [0.15, 0.2) is 24.3 Å². The summed E-state index contributed by atoms with van der Waals surface area (Å²) in [5.41, 5.74) is 1.08. The van der Waals surface area contributed by atoms with Crippen molar-refractivity contribution in [3.63, 3.8) is 0 Å². The highest BCUT2D eigenvalue weighted by Crippen LogP contribution is 2.27. The number of anilines is 1. The van der Waals surface area contributed by atoms with Crippen LogP contribution >= 0.6 is 0 Å². The molecule has 126 valence electrons. The second-order valence-corrected chi connectivity index (χ2v) is 7.07. The first-order valence-corrected chi connectivity index (χ1v) is 9.32. The van der Waals surface area contributed by atoms with Gasteiger partial charge in [-0.1, -0.05) is 6.42 Å². The highest BCUT2D eigenvalue weighted by Gasteiger charge is 2.25. The van der Waals surface area contributed by atoms with Crippen LogP contribution in [0.4, 0.5) is 5.69 Å². The molecule has 1 amide bonds. The Morgan fingerprint density at radius 3 is 2.26 bits per heavy atom. The molecule has 0 spiro atoms. The van der Waals surface area contributed by atoms with E-state index in [4.69, 9.17) is 0 Å². The lowest BCUT2D eigenvalue weighted by Crippen LogP contribution is -2.50. The normalized spacial score (nSPS) is 19.6. The average molecular weight is 337 g/mol. The van der Waals surface area contributed by atoms with Crippen LogP contribution < -0.4 is 4.72 Å². The first-order valence-electron chi connectivity index (χ1n) is 8.14. The molecule has 1 aliphatic heterocycles. The molecule has 2 fully saturated rings.